The molecule has 0 aromatic carbocycles. The number of unbranched alkanes of at least 4 members (excludes halogenated alkanes) is 32. The van der Waals surface area contributed by atoms with Crippen molar-refractivity contribution in [2.75, 3.05) is 13.2 Å². The van der Waals surface area contributed by atoms with Crippen LogP contribution >= 0.6 is 0 Å². The minimum atomic E-state index is -0.803. The van der Waals surface area contributed by atoms with Gasteiger partial charge in [-0.3, -0.25) is 14.4 Å². The van der Waals surface area contributed by atoms with Gasteiger partial charge in [0.25, 0.3) is 0 Å². The lowest BCUT2D eigenvalue weighted by Crippen LogP contribution is -2.30. The standard InChI is InChI=1S/C62H110O6/c1-4-7-10-13-16-19-22-25-28-30-31-33-34-37-40-43-46-49-52-55-61(64)67-58-59(57-66-60(63)54-51-48-45-42-39-36-27-24-21-18-15-12-9-6-3)68-62(65)56-53-50-47-44-41-38-35-32-29-26-23-20-17-14-11-8-5-2/h17,20,26,29-31,35,38,44,47,59H,4-16,18-19,21-25,27-28,32-34,36-37,39-43,45-46,48-58H2,1-3H3/b20-17-,29-26-,31-30-,38-35-,47-44-. The second-order valence-electron chi connectivity index (χ2n) is 19.6. The van der Waals surface area contributed by atoms with Crippen LogP contribution in [-0.2, 0) is 28.6 Å². The number of carbonyl (C=O) groups excluding carboxylic acids is 3. The summed E-state index contributed by atoms with van der Waals surface area (Å²) in [5.74, 6) is -0.943. The first-order valence-corrected chi connectivity index (χ1v) is 29.3. The topological polar surface area (TPSA) is 78.9 Å². The lowest BCUT2D eigenvalue weighted by Gasteiger charge is -2.18. The maximum atomic E-state index is 12.8. The van der Waals surface area contributed by atoms with Gasteiger partial charge < -0.3 is 14.2 Å². The Morgan fingerprint density at radius 3 is 0.912 bits per heavy atom. The van der Waals surface area contributed by atoms with Crippen LogP contribution < -0.4 is 0 Å². The summed E-state index contributed by atoms with van der Waals surface area (Å²) in [4.78, 5) is 38.1. The largest absolute Gasteiger partial charge is 0.462 e. The molecule has 68 heavy (non-hydrogen) atoms. The molecule has 0 aromatic rings. The van der Waals surface area contributed by atoms with Gasteiger partial charge in [0.2, 0.25) is 0 Å². The molecule has 6 nitrogen and oxygen atoms in total. The van der Waals surface area contributed by atoms with Crippen molar-refractivity contribution in [3.8, 4) is 0 Å². The van der Waals surface area contributed by atoms with Crippen LogP contribution in [0.15, 0.2) is 60.8 Å². The number of allylic oxidation sites excluding steroid dienone is 10. The van der Waals surface area contributed by atoms with Gasteiger partial charge in [0.15, 0.2) is 6.10 Å². The Balaban J connectivity index is 4.43. The predicted molar refractivity (Wildman–Crippen MR) is 293 cm³/mol. The van der Waals surface area contributed by atoms with Crippen molar-refractivity contribution < 1.29 is 28.6 Å². The Morgan fingerprint density at radius 1 is 0.294 bits per heavy atom. The molecule has 0 N–H and O–H groups in total. The molecule has 0 heterocycles. The van der Waals surface area contributed by atoms with Crippen molar-refractivity contribution in [2.24, 2.45) is 0 Å². The van der Waals surface area contributed by atoms with Gasteiger partial charge >= 0.3 is 17.9 Å². The molecule has 1 atom stereocenters. The van der Waals surface area contributed by atoms with E-state index in [1.54, 1.807) is 0 Å². The van der Waals surface area contributed by atoms with Crippen molar-refractivity contribution in [3.05, 3.63) is 60.8 Å². The van der Waals surface area contributed by atoms with Crippen LogP contribution in [-0.4, -0.2) is 37.2 Å². The zero-order valence-corrected chi connectivity index (χ0v) is 45.1. The van der Waals surface area contributed by atoms with Crippen LogP contribution in [0.1, 0.15) is 297 Å². The highest BCUT2D eigenvalue weighted by molar-refractivity contribution is 5.71. The predicted octanol–water partition coefficient (Wildman–Crippen LogP) is 19.6. The second kappa shape index (κ2) is 56.7. The quantitative estimate of drug-likeness (QED) is 0.0262. The number of hydrogen-bond donors (Lipinski definition) is 0. The highest BCUT2D eigenvalue weighted by Crippen LogP contribution is 2.16. The first kappa shape index (κ1) is 65.1. The van der Waals surface area contributed by atoms with E-state index in [0.717, 1.165) is 64.2 Å². The molecule has 1 unspecified atom stereocenters. The normalized spacial score (nSPS) is 12.5. The monoisotopic (exact) mass is 951 g/mol. The number of hydrogen-bond acceptors (Lipinski definition) is 6. The molecule has 0 aromatic heterocycles. The van der Waals surface area contributed by atoms with Gasteiger partial charge in [-0.25, -0.2) is 0 Å². The molecule has 0 aliphatic rings. The highest BCUT2D eigenvalue weighted by Gasteiger charge is 2.19. The molecule has 0 bridgehead atoms. The molecule has 0 radical (unpaired) electrons. The van der Waals surface area contributed by atoms with E-state index >= 15 is 0 Å². The summed E-state index contributed by atoms with van der Waals surface area (Å²) in [5.41, 5.74) is 0. The molecular formula is C62H110O6. The fraction of sp³-hybridized carbons (Fsp3) is 0.790. The average Bonchev–Trinajstić information content (AvgIpc) is 3.34. The lowest BCUT2D eigenvalue weighted by atomic mass is 10.0. The van der Waals surface area contributed by atoms with E-state index in [4.69, 9.17) is 14.2 Å². The third-order valence-electron chi connectivity index (χ3n) is 12.7. The van der Waals surface area contributed by atoms with Crippen LogP contribution in [0.25, 0.3) is 0 Å². The number of rotatable bonds is 53. The molecule has 0 spiro atoms. The third-order valence-corrected chi connectivity index (χ3v) is 12.7. The van der Waals surface area contributed by atoms with Crippen molar-refractivity contribution in [3.63, 3.8) is 0 Å². The Kier molecular flexibility index (Phi) is 54.3. The van der Waals surface area contributed by atoms with Crippen LogP contribution in [0.4, 0.5) is 0 Å². The van der Waals surface area contributed by atoms with E-state index in [1.165, 1.54) is 186 Å². The molecule has 0 rings (SSSR count). The Labute approximate surface area is 421 Å². The van der Waals surface area contributed by atoms with Crippen LogP contribution in [0.5, 0.6) is 0 Å². The molecule has 0 saturated carbocycles. The summed E-state index contributed by atoms with van der Waals surface area (Å²) in [7, 11) is 0. The molecular weight excluding hydrogens is 841 g/mol. The van der Waals surface area contributed by atoms with Gasteiger partial charge in [-0.2, -0.15) is 0 Å². The molecule has 0 saturated heterocycles. The van der Waals surface area contributed by atoms with Gasteiger partial charge in [0.05, 0.1) is 0 Å². The Morgan fingerprint density at radius 2 is 0.544 bits per heavy atom. The van der Waals surface area contributed by atoms with E-state index in [9.17, 15) is 14.4 Å². The summed E-state index contributed by atoms with van der Waals surface area (Å²) < 4.78 is 16.8. The Hall–Kier alpha value is -2.89. The highest BCUT2D eigenvalue weighted by atomic mass is 16.6. The fourth-order valence-electron chi connectivity index (χ4n) is 8.31. The van der Waals surface area contributed by atoms with E-state index in [0.29, 0.717) is 19.3 Å². The molecule has 0 aliphatic carbocycles. The first-order chi connectivity index (χ1) is 33.5. The van der Waals surface area contributed by atoms with Gasteiger partial charge in [0, 0.05) is 19.3 Å². The number of esters is 3. The van der Waals surface area contributed by atoms with E-state index in [-0.39, 0.29) is 37.5 Å². The smallest absolute Gasteiger partial charge is 0.306 e. The summed E-state index contributed by atoms with van der Waals surface area (Å²) in [6, 6.07) is 0. The average molecular weight is 952 g/mol. The summed E-state index contributed by atoms with van der Waals surface area (Å²) in [6.45, 7) is 6.59. The second-order valence-corrected chi connectivity index (χ2v) is 19.6. The molecule has 0 aliphatic heterocycles. The van der Waals surface area contributed by atoms with Gasteiger partial charge in [-0.1, -0.05) is 255 Å². The van der Waals surface area contributed by atoms with Gasteiger partial charge in [-0.15, -0.1) is 0 Å². The number of ether oxygens (including phenoxy) is 3. The van der Waals surface area contributed by atoms with Crippen LogP contribution in [0, 0.1) is 0 Å². The molecule has 394 valence electrons. The minimum absolute atomic E-state index is 0.0946. The Bertz CT molecular complexity index is 1230. The SMILES string of the molecule is CCCCC/C=C\C/C=C\C/C=C\C/C=C\CCCC(=O)OC(COC(=O)CCCCCCCCC/C=C\CCCCCCCCCC)COC(=O)CCCCCCCCCCCCCCCC. The molecule has 6 heteroatoms. The molecule has 0 amide bonds. The maximum Gasteiger partial charge on any atom is 0.306 e. The zero-order chi connectivity index (χ0) is 49.3. The summed E-state index contributed by atoms with van der Waals surface area (Å²) in [5, 5.41) is 0. The van der Waals surface area contributed by atoms with Crippen LogP contribution in [0.2, 0.25) is 0 Å². The third kappa shape index (κ3) is 54.1. The summed E-state index contributed by atoms with van der Waals surface area (Å²) in [6.07, 6.45) is 70.7. The van der Waals surface area contributed by atoms with Crippen LogP contribution in [0.3, 0.4) is 0 Å². The van der Waals surface area contributed by atoms with Gasteiger partial charge in [-0.05, 0) is 83.5 Å². The van der Waals surface area contributed by atoms with Crippen molar-refractivity contribution in [2.45, 2.75) is 303 Å². The maximum absolute atomic E-state index is 12.8. The van der Waals surface area contributed by atoms with E-state index in [2.05, 4.69) is 81.5 Å². The van der Waals surface area contributed by atoms with E-state index < -0.39 is 6.10 Å². The zero-order valence-electron chi connectivity index (χ0n) is 45.1. The minimum Gasteiger partial charge on any atom is -0.462 e. The van der Waals surface area contributed by atoms with E-state index in [1.807, 2.05) is 0 Å². The lowest BCUT2D eigenvalue weighted by molar-refractivity contribution is -0.167. The van der Waals surface area contributed by atoms with Crippen molar-refractivity contribution in [1.82, 2.24) is 0 Å². The fourth-order valence-corrected chi connectivity index (χ4v) is 8.31. The number of carbonyl (C=O) groups is 3. The van der Waals surface area contributed by atoms with Crippen molar-refractivity contribution in [1.29, 1.82) is 0 Å². The first-order valence-electron chi connectivity index (χ1n) is 29.3. The molecule has 0 fully saturated rings. The summed E-state index contributed by atoms with van der Waals surface area (Å²) >= 11 is 0. The van der Waals surface area contributed by atoms with Crippen molar-refractivity contribution >= 4 is 17.9 Å². The van der Waals surface area contributed by atoms with Gasteiger partial charge in [0.1, 0.15) is 13.2 Å².